The van der Waals surface area contributed by atoms with Gasteiger partial charge < -0.3 is 24.8 Å². The first kappa shape index (κ1) is 20.1. The number of amides is 1. The lowest BCUT2D eigenvalue weighted by atomic mass is 9.91. The third-order valence-electron chi connectivity index (χ3n) is 5.66. The van der Waals surface area contributed by atoms with Gasteiger partial charge in [-0.15, -0.1) is 0 Å². The van der Waals surface area contributed by atoms with E-state index >= 15 is 0 Å². The van der Waals surface area contributed by atoms with E-state index in [4.69, 9.17) is 14.2 Å². The van der Waals surface area contributed by atoms with Crippen LogP contribution >= 0.6 is 0 Å². The van der Waals surface area contributed by atoms with Crippen LogP contribution in [0.3, 0.4) is 0 Å². The number of hydrogen-bond acceptors (Lipinski definition) is 6. The maximum absolute atomic E-state index is 12.9. The van der Waals surface area contributed by atoms with E-state index < -0.39 is 5.60 Å². The normalized spacial score (nSPS) is 21.4. The molecule has 1 aromatic carbocycles. The van der Waals surface area contributed by atoms with Gasteiger partial charge in [0.25, 0.3) is 5.91 Å². The number of carbonyl (C=O) groups excluding carboxylic acids is 1. The van der Waals surface area contributed by atoms with Crippen molar-refractivity contribution in [3.63, 3.8) is 0 Å². The minimum Gasteiger partial charge on any atom is -0.497 e. The van der Waals surface area contributed by atoms with Gasteiger partial charge in [0, 0.05) is 26.7 Å². The number of nitrogens with one attached hydrogen (secondary N) is 2. The predicted molar refractivity (Wildman–Crippen MR) is 103 cm³/mol. The predicted octanol–water partition coefficient (Wildman–Crippen LogP) is 0.953. The number of piperidine rings is 1. The van der Waals surface area contributed by atoms with E-state index in [1.165, 1.54) is 0 Å². The van der Waals surface area contributed by atoms with Gasteiger partial charge in [-0.25, -0.2) is 0 Å². The highest BCUT2D eigenvalue weighted by Gasteiger charge is 2.40. The molecule has 1 amide bonds. The van der Waals surface area contributed by atoms with E-state index in [0.717, 1.165) is 37.5 Å². The SMILES string of the molecule is COc1ccc(C(CNC(=O)C2(OC)CCNCC2)N2CCOCC2)cc1. The van der Waals surface area contributed by atoms with E-state index in [9.17, 15) is 4.79 Å². The smallest absolute Gasteiger partial charge is 0.252 e. The third-order valence-corrected chi connectivity index (χ3v) is 5.66. The van der Waals surface area contributed by atoms with E-state index in [1.807, 2.05) is 12.1 Å². The molecule has 2 N–H and O–H groups in total. The Morgan fingerprint density at radius 1 is 1.22 bits per heavy atom. The number of carbonyl (C=O) groups is 1. The van der Waals surface area contributed by atoms with Crippen LogP contribution < -0.4 is 15.4 Å². The molecule has 2 aliphatic heterocycles. The van der Waals surface area contributed by atoms with Gasteiger partial charge in [0.2, 0.25) is 0 Å². The number of ether oxygens (including phenoxy) is 3. The van der Waals surface area contributed by atoms with Crippen molar-refractivity contribution in [3.05, 3.63) is 29.8 Å². The molecular weight excluding hydrogens is 346 g/mol. The van der Waals surface area contributed by atoms with E-state index in [-0.39, 0.29) is 11.9 Å². The van der Waals surface area contributed by atoms with Crippen molar-refractivity contribution in [2.45, 2.75) is 24.5 Å². The minimum atomic E-state index is -0.722. The fourth-order valence-corrected chi connectivity index (χ4v) is 3.88. The van der Waals surface area contributed by atoms with Crippen LogP contribution in [0.25, 0.3) is 0 Å². The summed E-state index contributed by atoms with van der Waals surface area (Å²) in [5.74, 6) is 0.815. The third kappa shape index (κ3) is 4.79. The zero-order valence-corrected chi connectivity index (χ0v) is 16.3. The number of rotatable bonds is 7. The van der Waals surface area contributed by atoms with Crippen molar-refractivity contribution in [1.29, 1.82) is 0 Å². The lowest BCUT2D eigenvalue weighted by Crippen LogP contribution is -2.55. The van der Waals surface area contributed by atoms with Crippen molar-refractivity contribution < 1.29 is 19.0 Å². The second kappa shape index (κ2) is 9.50. The molecule has 0 radical (unpaired) electrons. The second-order valence-electron chi connectivity index (χ2n) is 7.10. The van der Waals surface area contributed by atoms with E-state index in [1.54, 1.807) is 14.2 Å². The van der Waals surface area contributed by atoms with Gasteiger partial charge in [0.1, 0.15) is 11.4 Å². The average molecular weight is 377 g/mol. The first-order valence-electron chi connectivity index (χ1n) is 9.68. The molecular formula is C20H31N3O4. The zero-order chi connectivity index (χ0) is 19.1. The monoisotopic (exact) mass is 377 g/mol. The molecule has 1 unspecified atom stereocenters. The van der Waals surface area contributed by atoms with Crippen LogP contribution in [0.4, 0.5) is 0 Å². The van der Waals surface area contributed by atoms with Crippen molar-refractivity contribution in [3.8, 4) is 5.75 Å². The Labute approximate surface area is 161 Å². The maximum atomic E-state index is 12.9. The van der Waals surface area contributed by atoms with Crippen molar-refractivity contribution in [2.24, 2.45) is 0 Å². The summed E-state index contributed by atoms with van der Waals surface area (Å²) < 4.78 is 16.4. The van der Waals surface area contributed by atoms with Gasteiger partial charge in [0.05, 0.1) is 26.4 Å². The van der Waals surface area contributed by atoms with Crippen LogP contribution in [-0.2, 0) is 14.3 Å². The van der Waals surface area contributed by atoms with Gasteiger partial charge in [-0.05, 0) is 43.6 Å². The Bertz CT molecular complexity index is 596. The average Bonchev–Trinajstić information content (AvgIpc) is 2.75. The van der Waals surface area contributed by atoms with Crippen LogP contribution in [0.5, 0.6) is 5.75 Å². The lowest BCUT2D eigenvalue weighted by Gasteiger charge is -2.37. The number of morpholine rings is 1. The molecule has 1 atom stereocenters. The van der Waals surface area contributed by atoms with Crippen molar-refractivity contribution in [1.82, 2.24) is 15.5 Å². The molecule has 27 heavy (non-hydrogen) atoms. The number of hydrogen-bond donors (Lipinski definition) is 2. The lowest BCUT2D eigenvalue weighted by molar-refractivity contribution is -0.147. The van der Waals surface area contributed by atoms with Crippen LogP contribution in [0.2, 0.25) is 0 Å². The van der Waals surface area contributed by atoms with Crippen molar-refractivity contribution >= 4 is 5.91 Å². The Hall–Kier alpha value is -1.67. The zero-order valence-electron chi connectivity index (χ0n) is 16.3. The Kier molecular flexibility index (Phi) is 7.07. The molecule has 2 aliphatic rings. The number of methoxy groups -OCH3 is 2. The quantitative estimate of drug-likeness (QED) is 0.737. The molecule has 2 fully saturated rings. The first-order chi connectivity index (χ1) is 13.2. The Balaban J connectivity index is 1.71. The maximum Gasteiger partial charge on any atom is 0.252 e. The van der Waals surface area contributed by atoms with Gasteiger partial charge in [-0.1, -0.05) is 12.1 Å². The van der Waals surface area contributed by atoms with E-state index in [0.29, 0.717) is 32.6 Å². The highest BCUT2D eigenvalue weighted by atomic mass is 16.5. The number of benzene rings is 1. The van der Waals surface area contributed by atoms with Gasteiger partial charge in [-0.2, -0.15) is 0 Å². The summed E-state index contributed by atoms with van der Waals surface area (Å²) in [6.45, 7) is 5.28. The van der Waals surface area contributed by atoms with Crippen LogP contribution in [0, 0.1) is 0 Å². The highest BCUT2D eigenvalue weighted by Crippen LogP contribution is 2.26. The molecule has 2 heterocycles. The number of nitrogens with zero attached hydrogens (tertiary/aromatic N) is 1. The molecule has 0 spiro atoms. The molecule has 0 saturated carbocycles. The van der Waals surface area contributed by atoms with Gasteiger partial charge in [-0.3, -0.25) is 9.69 Å². The van der Waals surface area contributed by atoms with Gasteiger partial charge >= 0.3 is 0 Å². The van der Waals surface area contributed by atoms with Crippen LogP contribution in [0.1, 0.15) is 24.4 Å². The minimum absolute atomic E-state index is 0.0155. The summed E-state index contributed by atoms with van der Waals surface area (Å²) in [6.07, 6.45) is 1.39. The van der Waals surface area contributed by atoms with Crippen molar-refractivity contribution in [2.75, 3.05) is 60.2 Å². The summed E-state index contributed by atoms with van der Waals surface area (Å²) in [7, 11) is 3.30. The molecule has 0 bridgehead atoms. The second-order valence-corrected chi connectivity index (χ2v) is 7.10. The summed E-state index contributed by atoms with van der Waals surface area (Å²) in [5, 5.41) is 6.45. The molecule has 3 rings (SSSR count). The topological polar surface area (TPSA) is 72.1 Å². The van der Waals surface area contributed by atoms with E-state index in [2.05, 4.69) is 27.7 Å². The largest absolute Gasteiger partial charge is 0.497 e. The fraction of sp³-hybridized carbons (Fsp3) is 0.650. The summed E-state index contributed by atoms with van der Waals surface area (Å²) in [4.78, 5) is 15.3. The highest BCUT2D eigenvalue weighted by molar-refractivity contribution is 5.85. The standard InChI is InChI=1S/C20H31N3O4/c1-25-17-5-3-16(4-6-17)18(23-11-13-27-14-12-23)15-22-19(24)20(26-2)7-9-21-10-8-20/h3-6,18,21H,7-15H2,1-2H3,(H,22,24). The molecule has 150 valence electrons. The van der Waals surface area contributed by atoms with Crippen LogP contribution in [0.15, 0.2) is 24.3 Å². The molecule has 2 saturated heterocycles. The molecule has 7 nitrogen and oxygen atoms in total. The Morgan fingerprint density at radius 2 is 1.89 bits per heavy atom. The van der Waals surface area contributed by atoms with Gasteiger partial charge in [0.15, 0.2) is 0 Å². The summed E-state index contributed by atoms with van der Waals surface area (Å²) in [5.41, 5.74) is 0.440. The fourth-order valence-electron chi connectivity index (χ4n) is 3.88. The molecule has 0 aromatic heterocycles. The molecule has 1 aromatic rings. The Morgan fingerprint density at radius 3 is 2.48 bits per heavy atom. The summed E-state index contributed by atoms with van der Waals surface area (Å²) in [6, 6.07) is 8.17. The molecule has 0 aliphatic carbocycles. The van der Waals surface area contributed by atoms with Crippen LogP contribution in [-0.4, -0.2) is 76.6 Å². The molecule has 7 heteroatoms. The summed E-state index contributed by atoms with van der Waals surface area (Å²) >= 11 is 0. The first-order valence-corrected chi connectivity index (χ1v) is 9.68.